The molecule has 1 aromatic heterocycles. The lowest BCUT2D eigenvalue weighted by atomic mass is 9.92. The molecule has 0 radical (unpaired) electrons. The molecule has 1 heterocycles. The molecule has 0 aliphatic heterocycles. The standard InChI is InChI=1S/C33H23N.C12H15N3.C4H6.C2H6/c1-2-8-23(9-3-1)18-24-14-15-28-20-29(17-16-27(28)19-24)34-32-13-7-6-12-30(32)31-21-25-10-4-5-11-26(25)22-33(31)34;1-14-12(15-13)11-7-6-9-4-2-3-5-10(9)8-11;1-3-4-2;1-2/h1-17,19-22H,18H2;2-5,8H,6-7,13H2,1H3,(H,14,15);3-4H,1-2H2;1-2H3. The van der Waals surface area contributed by atoms with Crippen LogP contribution in [0.4, 0.5) is 0 Å². The highest BCUT2D eigenvalue weighted by atomic mass is 15.2. The number of aromatic nitrogens is 1. The second kappa shape index (κ2) is 18.5. The van der Waals surface area contributed by atoms with Crippen molar-refractivity contribution in [2.45, 2.75) is 33.1 Å². The van der Waals surface area contributed by atoms with Crippen LogP contribution in [0, 0.1) is 0 Å². The molecule has 0 fully saturated rings. The van der Waals surface area contributed by atoms with Gasteiger partial charge < -0.3 is 9.99 Å². The minimum atomic E-state index is 0.782. The molecule has 274 valence electrons. The summed E-state index contributed by atoms with van der Waals surface area (Å²) in [6.07, 6.45) is 8.44. The van der Waals surface area contributed by atoms with E-state index >= 15 is 0 Å². The maximum Gasteiger partial charge on any atom is 0.138 e. The van der Waals surface area contributed by atoms with E-state index < -0.39 is 0 Å². The fourth-order valence-electron chi connectivity index (χ4n) is 7.22. The summed E-state index contributed by atoms with van der Waals surface area (Å²) in [7, 11) is 1.75. The highest BCUT2D eigenvalue weighted by Gasteiger charge is 2.14. The van der Waals surface area contributed by atoms with Crippen LogP contribution in [0.15, 0.2) is 188 Å². The van der Waals surface area contributed by atoms with Gasteiger partial charge >= 0.3 is 0 Å². The molecule has 9 rings (SSSR count). The maximum absolute atomic E-state index is 5.41. The fraction of sp³-hybridized carbons (Fsp3) is 0.118. The van der Waals surface area contributed by atoms with Gasteiger partial charge in [-0.3, -0.25) is 4.99 Å². The molecule has 0 saturated heterocycles. The first kappa shape index (κ1) is 38.2. The normalized spacial score (nSPS) is 11.9. The molecule has 7 aromatic carbocycles. The Kier molecular flexibility index (Phi) is 12.9. The van der Waals surface area contributed by atoms with Gasteiger partial charge in [0.2, 0.25) is 0 Å². The summed E-state index contributed by atoms with van der Waals surface area (Å²) < 4.78 is 2.41. The predicted octanol–water partition coefficient (Wildman–Crippen LogP) is 12.6. The molecule has 4 nitrogen and oxygen atoms in total. The van der Waals surface area contributed by atoms with Gasteiger partial charge in [-0.25, -0.2) is 5.84 Å². The van der Waals surface area contributed by atoms with Gasteiger partial charge in [0.15, 0.2) is 0 Å². The van der Waals surface area contributed by atoms with Crippen molar-refractivity contribution in [3.63, 3.8) is 0 Å². The maximum atomic E-state index is 5.41. The average molecular weight is 719 g/mol. The smallest absolute Gasteiger partial charge is 0.138 e. The van der Waals surface area contributed by atoms with E-state index in [0.29, 0.717) is 0 Å². The van der Waals surface area contributed by atoms with Crippen LogP contribution in [0.25, 0.3) is 55.1 Å². The lowest BCUT2D eigenvalue weighted by molar-refractivity contribution is 0.926. The topological polar surface area (TPSA) is 55.3 Å². The van der Waals surface area contributed by atoms with E-state index in [1.54, 1.807) is 19.2 Å². The Bertz CT molecular complexity index is 2620. The number of nitrogens with zero attached hydrogens (tertiary/aromatic N) is 2. The van der Waals surface area contributed by atoms with Gasteiger partial charge in [0, 0.05) is 23.5 Å². The Labute approximate surface area is 325 Å². The molecule has 0 unspecified atom stereocenters. The zero-order valence-electron chi connectivity index (χ0n) is 32.2. The molecule has 0 bridgehead atoms. The first-order valence-electron chi connectivity index (χ1n) is 19.0. The molecular formula is C51H50N4. The van der Waals surface area contributed by atoms with Crippen molar-refractivity contribution < 1.29 is 0 Å². The monoisotopic (exact) mass is 718 g/mol. The van der Waals surface area contributed by atoms with E-state index in [4.69, 9.17) is 5.84 Å². The van der Waals surface area contributed by atoms with Crippen molar-refractivity contribution in [3.05, 3.63) is 205 Å². The third kappa shape index (κ3) is 8.67. The number of aryl methyl sites for hydroxylation is 1. The van der Waals surface area contributed by atoms with E-state index in [1.807, 2.05) is 13.8 Å². The summed E-state index contributed by atoms with van der Waals surface area (Å²) >= 11 is 0. The Balaban J connectivity index is 0.000000204. The van der Waals surface area contributed by atoms with Crippen LogP contribution >= 0.6 is 0 Å². The second-order valence-electron chi connectivity index (χ2n) is 13.2. The van der Waals surface area contributed by atoms with Crippen LogP contribution in [0.2, 0.25) is 0 Å². The molecule has 1 aliphatic carbocycles. The lowest BCUT2D eigenvalue weighted by Crippen LogP contribution is -2.32. The van der Waals surface area contributed by atoms with E-state index in [9.17, 15) is 0 Å². The number of rotatable bonds is 5. The van der Waals surface area contributed by atoms with Crippen molar-refractivity contribution in [3.8, 4) is 5.69 Å². The molecule has 0 saturated carbocycles. The van der Waals surface area contributed by atoms with Gasteiger partial charge in [-0.15, -0.1) is 0 Å². The number of allylic oxidation sites excluding steroid dienone is 2. The van der Waals surface area contributed by atoms with E-state index in [2.05, 4.69) is 186 Å². The van der Waals surface area contributed by atoms with E-state index in [0.717, 1.165) is 25.1 Å². The molecule has 8 aromatic rings. The van der Waals surface area contributed by atoms with Crippen LogP contribution in [0.3, 0.4) is 0 Å². The number of nitrogens with one attached hydrogen (secondary N) is 1. The minimum Gasteiger partial charge on any atom is -0.309 e. The molecule has 55 heavy (non-hydrogen) atoms. The first-order valence-corrected chi connectivity index (χ1v) is 19.0. The highest BCUT2D eigenvalue weighted by Crippen LogP contribution is 2.35. The minimum absolute atomic E-state index is 0.782. The van der Waals surface area contributed by atoms with E-state index in [-0.39, 0.29) is 0 Å². The third-order valence-electron chi connectivity index (χ3n) is 9.82. The van der Waals surface area contributed by atoms with E-state index in [1.165, 1.54) is 76.9 Å². The predicted molar refractivity (Wildman–Crippen MR) is 240 cm³/mol. The number of aliphatic imine (C=N–C) groups is 1. The summed E-state index contributed by atoms with van der Waals surface area (Å²) in [5.74, 6) is 6.19. The van der Waals surface area contributed by atoms with Crippen molar-refractivity contribution in [2.75, 3.05) is 7.05 Å². The summed E-state index contributed by atoms with van der Waals surface area (Å²) in [6.45, 7) is 10.7. The second-order valence-corrected chi connectivity index (χ2v) is 13.2. The number of para-hydroxylation sites is 1. The number of benzene rings is 7. The number of hydrogen-bond donors (Lipinski definition) is 2. The van der Waals surface area contributed by atoms with Gasteiger partial charge in [0.25, 0.3) is 0 Å². The van der Waals surface area contributed by atoms with Crippen LogP contribution in [-0.2, 0) is 12.8 Å². The molecular weight excluding hydrogens is 669 g/mol. The Morgan fingerprint density at radius 2 is 1.27 bits per heavy atom. The highest BCUT2D eigenvalue weighted by molar-refractivity contribution is 6.13. The van der Waals surface area contributed by atoms with Gasteiger partial charge in [-0.1, -0.05) is 160 Å². The van der Waals surface area contributed by atoms with Gasteiger partial charge in [-0.2, -0.15) is 0 Å². The Morgan fingerprint density at radius 1 is 0.636 bits per heavy atom. The van der Waals surface area contributed by atoms with Crippen molar-refractivity contribution >= 4 is 55.3 Å². The zero-order valence-corrected chi connectivity index (χ0v) is 32.2. The average Bonchev–Trinajstić information content (AvgIpc) is 3.57. The van der Waals surface area contributed by atoms with Crippen LogP contribution in [0.5, 0.6) is 0 Å². The Hall–Kier alpha value is -6.49. The van der Waals surface area contributed by atoms with Crippen molar-refractivity contribution in [1.82, 2.24) is 9.99 Å². The first-order chi connectivity index (χ1) is 27.1. The molecule has 4 heteroatoms. The number of hydrogen-bond acceptors (Lipinski definition) is 2. The number of fused-ring (bicyclic) bond motifs is 6. The van der Waals surface area contributed by atoms with Crippen LogP contribution in [-0.4, -0.2) is 17.5 Å². The number of nitrogens with two attached hydrogens (primary N) is 1. The SMILES string of the molecule is C=CC=C.CC.CN=C(NN)C1=Cc2ccccc2CC1.c1ccc(Cc2ccc3cc(-n4c5ccccc5c5cc6ccccc6cc54)ccc3c2)cc1. The molecule has 0 atom stereocenters. The van der Waals surface area contributed by atoms with Gasteiger partial charge in [0.05, 0.1) is 11.0 Å². The Morgan fingerprint density at radius 3 is 2.02 bits per heavy atom. The largest absolute Gasteiger partial charge is 0.309 e. The molecule has 0 spiro atoms. The number of amidine groups is 1. The molecule has 0 amide bonds. The fourth-order valence-corrected chi connectivity index (χ4v) is 7.22. The van der Waals surface area contributed by atoms with Crippen molar-refractivity contribution in [1.29, 1.82) is 0 Å². The summed E-state index contributed by atoms with van der Waals surface area (Å²) in [5, 5.41) is 7.69. The summed E-state index contributed by atoms with van der Waals surface area (Å²) in [6, 6.07) is 54.8. The van der Waals surface area contributed by atoms with Crippen LogP contribution in [0.1, 0.15) is 42.5 Å². The zero-order chi connectivity index (χ0) is 38.6. The summed E-state index contributed by atoms with van der Waals surface area (Å²) in [5.41, 5.74) is 12.9. The van der Waals surface area contributed by atoms with Gasteiger partial charge in [0.1, 0.15) is 5.84 Å². The van der Waals surface area contributed by atoms with Gasteiger partial charge in [-0.05, 0) is 105 Å². The van der Waals surface area contributed by atoms with Crippen molar-refractivity contribution in [2.24, 2.45) is 10.8 Å². The van der Waals surface area contributed by atoms with Crippen LogP contribution < -0.4 is 11.3 Å². The quantitative estimate of drug-likeness (QED) is 0.0612. The lowest BCUT2D eigenvalue weighted by Gasteiger charge is -2.17. The third-order valence-corrected chi connectivity index (χ3v) is 9.82. The summed E-state index contributed by atoms with van der Waals surface area (Å²) in [4.78, 5) is 4.12. The molecule has 1 aliphatic rings. The molecule has 3 N–H and O–H groups in total. The number of hydrazine groups is 1.